The number of pyridine rings is 1. The van der Waals surface area contributed by atoms with Crippen molar-refractivity contribution in [3.8, 4) is 0 Å². The molecule has 0 bridgehead atoms. The number of halogens is 3. The van der Waals surface area contributed by atoms with Crippen LogP contribution in [0.15, 0.2) is 52.5 Å². The van der Waals surface area contributed by atoms with Crippen LogP contribution in [-0.2, 0) is 25.7 Å². The highest BCUT2D eigenvalue weighted by Gasteiger charge is 2.30. The quantitative estimate of drug-likeness (QED) is 0.666. The Balaban J connectivity index is 1.57. The topological polar surface area (TPSA) is 88.6 Å². The van der Waals surface area contributed by atoms with Gasteiger partial charge in [0, 0.05) is 25.0 Å². The van der Waals surface area contributed by atoms with Crippen molar-refractivity contribution in [1.82, 2.24) is 9.29 Å². The summed E-state index contributed by atoms with van der Waals surface area (Å²) < 4.78 is 69.8. The summed E-state index contributed by atoms with van der Waals surface area (Å²) in [5.41, 5.74) is -0.818. The summed E-state index contributed by atoms with van der Waals surface area (Å²) in [5.74, 6) is -0.607. The van der Waals surface area contributed by atoms with Crippen LogP contribution in [0.1, 0.15) is 5.56 Å². The van der Waals surface area contributed by atoms with E-state index in [1.54, 1.807) is 0 Å². The average molecular weight is 461 g/mol. The van der Waals surface area contributed by atoms with Crippen LogP contribution in [0.5, 0.6) is 0 Å². The Bertz CT molecular complexity index is 992. The van der Waals surface area contributed by atoms with Gasteiger partial charge < -0.3 is 10.1 Å². The molecule has 1 N–H and O–H groups in total. The molecule has 1 aliphatic rings. The van der Waals surface area contributed by atoms with E-state index in [9.17, 15) is 26.4 Å². The molecule has 0 atom stereocenters. The molecule has 1 saturated heterocycles. The lowest BCUT2D eigenvalue weighted by molar-refractivity contribution is -0.137. The fraction of sp³-hybridized carbons (Fsp3) is 0.333. The lowest BCUT2D eigenvalue weighted by Crippen LogP contribution is -2.40. The summed E-state index contributed by atoms with van der Waals surface area (Å²) in [6, 6.07) is 7.23. The third kappa shape index (κ3) is 5.72. The van der Waals surface area contributed by atoms with E-state index in [1.165, 1.54) is 34.8 Å². The number of nitrogens with one attached hydrogen (secondary N) is 1. The van der Waals surface area contributed by atoms with Gasteiger partial charge in [-0.3, -0.25) is 4.79 Å². The lowest BCUT2D eigenvalue weighted by Gasteiger charge is -2.25. The van der Waals surface area contributed by atoms with Crippen molar-refractivity contribution in [2.45, 2.75) is 16.1 Å². The predicted molar refractivity (Wildman–Crippen MR) is 105 cm³/mol. The molecule has 1 aromatic heterocycles. The maximum Gasteiger partial charge on any atom is 0.416 e. The Labute approximate surface area is 175 Å². The van der Waals surface area contributed by atoms with Gasteiger partial charge in [0.05, 0.1) is 29.6 Å². The number of ether oxygens (including phenoxy) is 1. The Morgan fingerprint density at radius 2 is 1.93 bits per heavy atom. The number of thioether (sulfide) groups is 1. The molecule has 1 fully saturated rings. The standard InChI is InChI=1S/C18H18F3N3O4S2/c19-18(20,21)13-2-1-3-14(10-13)23-16(25)12-29-17-5-4-15(11-22-17)30(26,27)24-6-8-28-9-7-24/h1-5,10-11H,6-9,12H2,(H,23,25). The zero-order chi connectivity index (χ0) is 21.8. The number of sulfonamides is 1. The van der Waals surface area contributed by atoms with E-state index in [-0.39, 0.29) is 29.4 Å². The highest BCUT2D eigenvalue weighted by molar-refractivity contribution is 7.99. The summed E-state index contributed by atoms with van der Waals surface area (Å²) in [4.78, 5) is 16.1. The van der Waals surface area contributed by atoms with Crippen LogP contribution in [0.3, 0.4) is 0 Å². The average Bonchev–Trinajstić information content (AvgIpc) is 2.73. The summed E-state index contributed by atoms with van der Waals surface area (Å²) >= 11 is 1.04. The summed E-state index contributed by atoms with van der Waals surface area (Å²) in [5, 5.41) is 2.81. The minimum Gasteiger partial charge on any atom is -0.379 e. The summed E-state index contributed by atoms with van der Waals surface area (Å²) in [6.45, 7) is 1.21. The minimum absolute atomic E-state index is 0.0373. The molecule has 1 aliphatic heterocycles. The minimum atomic E-state index is -4.50. The van der Waals surface area contributed by atoms with E-state index in [0.717, 1.165) is 23.9 Å². The lowest BCUT2D eigenvalue weighted by atomic mass is 10.2. The molecule has 7 nitrogen and oxygen atoms in total. The molecule has 162 valence electrons. The first-order valence-electron chi connectivity index (χ1n) is 8.80. The van der Waals surface area contributed by atoms with Crippen LogP contribution in [0.4, 0.5) is 18.9 Å². The zero-order valence-electron chi connectivity index (χ0n) is 15.6. The number of carbonyl (C=O) groups is 1. The highest BCUT2D eigenvalue weighted by atomic mass is 32.2. The molecule has 3 rings (SSSR count). The number of amides is 1. The smallest absolute Gasteiger partial charge is 0.379 e. The van der Waals surface area contributed by atoms with Crippen LogP contribution < -0.4 is 5.32 Å². The number of hydrogen-bond acceptors (Lipinski definition) is 6. The Morgan fingerprint density at radius 3 is 2.57 bits per heavy atom. The number of alkyl halides is 3. The normalized spacial score (nSPS) is 15.7. The number of morpholine rings is 1. The van der Waals surface area contributed by atoms with Gasteiger partial charge in [0.2, 0.25) is 15.9 Å². The van der Waals surface area contributed by atoms with Gasteiger partial charge in [-0.2, -0.15) is 17.5 Å². The summed E-state index contributed by atoms with van der Waals surface area (Å²) in [6.07, 6.45) is -3.28. The Morgan fingerprint density at radius 1 is 1.20 bits per heavy atom. The zero-order valence-corrected chi connectivity index (χ0v) is 17.2. The third-order valence-electron chi connectivity index (χ3n) is 4.14. The van der Waals surface area contributed by atoms with Crippen LogP contribution in [0.2, 0.25) is 0 Å². The van der Waals surface area contributed by atoms with E-state index in [1.807, 2.05) is 0 Å². The monoisotopic (exact) mass is 461 g/mol. The first-order chi connectivity index (χ1) is 14.2. The molecule has 2 aromatic rings. The number of carbonyl (C=O) groups excluding carboxylic acids is 1. The van der Waals surface area contributed by atoms with Crippen molar-refractivity contribution >= 4 is 33.4 Å². The second kappa shape index (κ2) is 9.33. The number of nitrogens with zero attached hydrogens (tertiary/aromatic N) is 2. The second-order valence-corrected chi connectivity index (χ2v) is 9.20. The molecule has 30 heavy (non-hydrogen) atoms. The first-order valence-corrected chi connectivity index (χ1v) is 11.2. The SMILES string of the molecule is O=C(CSc1ccc(S(=O)(=O)N2CCOCC2)cn1)Nc1cccc(C(F)(F)F)c1. The Kier molecular flexibility index (Phi) is 7.01. The molecule has 0 unspecified atom stereocenters. The molecule has 0 radical (unpaired) electrons. The van der Waals surface area contributed by atoms with Crippen molar-refractivity contribution < 1.29 is 31.1 Å². The number of hydrogen-bond donors (Lipinski definition) is 1. The van der Waals surface area contributed by atoms with Gasteiger partial charge in [-0.25, -0.2) is 13.4 Å². The van der Waals surface area contributed by atoms with Gasteiger partial charge in [-0.1, -0.05) is 17.8 Å². The van der Waals surface area contributed by atoms with Crippen LogP contribution in [0.25, 0.3) is 0 Å². The molecular weight excluding hydrogens is 443 g/mol. The first kappa shape index (κ1) is 22.5. The van der Waals surface area contributed by atoms with Crippen molar-refractivity contribution in [3.63, 3.8) is 0 Å². The van der Waals surface area contributed by atoms with Crippen molar-refractivity contribution in [3.05, 3.63) is 48.2 Å². The van der Waals surface area contributed by atoms with E-state index in [4.69, 9.17) is 4.74 Å². The van der Waals surface area contributed by atoms with Gasteiger partial charge in [0.15, 0.2) is 0 Å². The maximum atomic E-state index is 12.7. The van der Waals surface area contributed by atoms with Crippen molar-refractivity contribution in [2.24, 2.45) is 0 Å². The van der Waals surface area contributed by atoms with Crippen molar-refractivity contribution in [2.75, 3.05) is 37.4 Å². The predicted octanol–water partition coefficient (Wildman–Crippen LogP) is 2.85. The van der Waals surface area contributed by atoms with E-state index in [0.29, 0.717) is 18.2 Å². The molecule has 1 amide bonds. The number of anilines is 1. The number of rotatable bonds is 6. The molecule has 1 aromatic carbocycles. The molecule has 0 spiro atoms. The van der Waals surface area contributed by atoms with E-state index < -0.39 is 27.7 Å². The number of benzene rings is 1. The second-order valence-electron chi connectivity index (χ2n) is 6.26. The van der Waals surface area contributed by atoms with E-state index >= 15 is 0 Å². The van der Waals surface area contributed by atoms with Crippen LogP contribution in [0, 0.1) is 0 Å². The largest absolute Gasteiger partial charge is 0.416 e. The molecule has 12 heteroatoms. The number of aromatic nitrogens is 1. The van der Waals surface area contributed by atoms with Gasteiger partial charge in [-0.15, -0.1) is 0 Å². The van der Waals surface area contributed by atoms with Gasteiger partial charge >= 0.3 is 6.18 Å². The third-order valence-corrected chi connectivity index (χ3v) is 6.97. The molecule has 0 aliphatic carbocycles. The molecular formula is C18H18F3N3O4S2. The summed E-state index contributed by atoms with van der Waals surface area (Å²) in [7, 11) is -3.66. The fourth-order valence-electron chi connectivity index (χ4n) is 2.65. The maximum absolute atomic E-state index is 12.7. The van der Waals surface area contributed by atoms with Gasteiger partial charge in [-0.05, 0) is 30.3 Å². The fourth-order valence-corrected chi connectivity index (χ4v) is 4.65. The van der Waals surface area contributed by atoms with Gasteiger partial charge in [0.1, 0.15) is 4.90 Å². The highest BCUT2D eigenvalue weighted by Crippen LogP contribution is 2.30. The van der Waals surface area contributed by atoms with E-state index in [2.05, 4.69) is 10.3 Å². The van der Waals surface area contributed by atoms with Crippen molar-refractivity contribution in [1.29, 1.82) is 0 Å². The molecule has 2 heterocycles. The Hall–Kier alpha value is -2.15. The van der Waals surface area contributed by atoms with Crippen LogP contribution >= 0.6 is 11.8 Å². The molecule has 0 saturated carbocycles. The van der Waals surface area contributed by atoms with Gasteiger partial charge in [0.25, 0.3) is 0 Å². The van der Waals surface area contributed by atoms with Crippen LogP contribution in [-0.4, -0.2) is 55.7 Å².